The van der Waals surface area contributed by atoms with Gasteiger partial charge in [0.2, 0.25) is 0 Å². The second-order valence-electron chi connectivity index (χ2n) is 8.78. The first kappa shape index (κ1) is 26.9. The number of fused-ring (bicyclic) bond motifs is 1. The summed E-state index contributed by atoms with van der Waals surface area (Å²) in [6.07, 6.45) is 10.7. The first-order valence-electron chi connectivity index (χ1n) is 12.5. The Labute approximate surface area is 233 Å². The number of amides is 1. The molecule has 0 aliphatic heterocycles. The molecule has 3 aromatic heterocycles. The molecule has 5 rings (SSSR count). The fourth-order valence-electron chi connectivity index (χ4n) is 4.19. The number of rotatable bonds is 9. The van der Waals surface area contributed by atoms with Gasteiger partial charge in [0.05, 0.1) is 10.9 Å². The van der Waals surface area contributed by atoms with Gasteiger partial charge in [-0.25, -0.2) is 13.8 Å². The molecule has 0 atom stereocenters. The van der Waals surface area contributed by atoms with Crippen LogP contribution in [-0.2, 0) is 6.42 Å². The molecule has 0 saturated heterocycles. The van der Waals surface area contributed by atoms with E-state index in [0.717, 1.165) is 11.6 Å². The molecule has 2 aromatic carbocycles. The zero-order chi connectivity index (χ0) is 28.8. The third-order valence-corrected chi connectivity index (χ3v) is 6.12. The van der Waals surface area contributed by atoms with Crippen molar-refractivity contribution in [3.63, 3.8) is 0 Å². The number of H-pyrrole nitrogens is 1. The molecular formula is C31H24F2N5O3+. The minimum Gasteiger partial charge on any atom is -0.453 e. The van der Waals surface area contributed by atoms with Crippen molar-refractivity contribution in [1.29, 1.82) is 0 Å². The zero-order valence-electron chi connectivity index (χ0n) is 21.6. The van der Waals surface area contributed by atoms with Crippen molar-refractivity contribution in [3.05, 3.63) is 127 Å². The fraction of sp³-hybridized carbons (Fsp3) is 0.0323. The topological polar surface area (TPSA) is 103 Å². The number of hydrogen-bond acceptors (Lipinski definition) is 5. The Hall–Kier alpha value is -5.64. The Balaban J connectivity index is 1.34. The van der Waals surface area contributed by atoms with Gasteiger partial charge in [-0.3, -0.25) is 15.0 Å². The Morgan fingerprint density at radius 1 is 1.12 bits per heavy atom. The lowest BCUT2D eigenvalue weighted by Gasteiger charge is -2.10. The van der Waals surface area contributed by atoms with Crippen LogP contribution in [0.3, 0.4) is 0 Å². The highest BCUT2D eigenvalue weighted by molar-refractivity contribution is 6.02. The van der Waals surface area contributed by atoms with Crippen molar-refractivity contribution in [3.8, 4) is 22.8 Å². The van der Waals surface area contributed by atoms with E-state index < -0.39 is 17.5 Å². The van der Waals surface area contributed by atoms with Crippen molar-refractivity contribution in [2.75, 3.05) is 5.32 Å². The van der Waals surface area contributed by atoms with Crippen LogP contribution in [0, 0.1) is 11.6 Å². The number of nitrogens with zero attached hydrogens (tertiary/aromatic N) is 3. The summed E-state index contributed by atoms with van der Waals surface area (Å²) < 4.78 is 35.0. The highest BCUT2D eigenvalue weighted by Gasteiger charge is 2.25. The molecule has 0 bridgehead atoms. The SMILES string of the molecule is C=CN=C/C=C\Cc1c[nH]c2nccc(Oc3ccc(NC(=O)c4cccc(-c5ccc(F)cc5)[n+]4O)cc3F)c12. The molecule has 3 heterocycles. The van der Waals surface area contributed by atoms with Crippen LogP contribution in [0.25, 0.3) is 22.3 Å². The molecule has 41 heavy (non-hydrogen) atoms. The molecule has 0 fully saturated rings. The van der Waals surface area contributed by atoms with Crippen LogP contribution in [0.5, 0.6) is 11.5 Å². The summed E-state index contributed by atoms with van der Waals surface area (Å²) in [5.41, 5.74) is 2.33. The van der Waals surface area contributed by atoms with Gasteiger partial charge in [-0.05, 0) is 66.6 Å². The van der Waals surface area contributed by atoms with Crippen molar-refractivity contribution in [2.45, 2.75) is 6.42 Å². The second kappa shape index (κ2) is 12.0. The lowest BCUT2D eigenvalue weighted by Crippen LogP contribution is -2.41. The molecule has 10 heteroatoms. The molecule has 0 spiro atoms. The highest BCUT2D eigenvalue weighted by atomic mass is 19.1. The number of aromatic amines is 1. The standard InChI is InChI=1S/C31H23F2N5O3/c1-2-34-16-4-3-6-21-19-36-30-29(21)28(15-17-35-30)41-27-14-13-23(18-24(27)33)37-31(39)26-8-5-7-25(38(26)40)20-9-11-22(32)12-10-20/h2-5,7-19H,1,6H2,(H2-,35,36,37,39,40)/p+1/b4-3-,34-16?. The van der Waals surface area contributed by atoms with Gasteiger partial charge in [0, 0.05) is 53.4 Å². The van der Waals surface area contributed by atoms with E-state index in [0.29, 0.717) is 33.5 Å². The number of halogens is 2. The van der Waals surface area contributed by atoms with E-state index in [1.807, 2.05) is 12.3 Å². The number of benzene rings is 2. The Bertz CT molecular complexity index is 1800. The van der Waals surface area contributed by atoms with Crippen molar-refractivity contribution >= 4 is 28.8 Å². The van der Waals surface area contributed by atoms with Gasteiger partial charge in [-0.1, -0.05) is 12.7 Å². The number of carbonyl (C=O) groups is 1. The van der Waals surface area contributed by atoms with Crippen LogP contribution in [0.1, 0.15) is 16.1 Å². The summed E-state index contributed by atoms with van der Waals surface area (Å²) in [6.45, 7) is 3.53. The largest absolute Gasteiger partial charge is 0.453 e. The molecule has 5 aromatic rings. The van der Waals surface area contributed by atoms with Gasteiger partial charge in [0.25, 0.3) is 5.69 Å². The number of carbonyl (C=O) groups excluding carboxylic acids is 1. The molecule has 0 aliphatic rings. The quantitative estimate of drug-likeness (QED) is 0.112. The third kappa shape index (κ3) is 6.01. The average Bonchev–Trinajstić information content (AvgIpc) is 3.39. The maximum Gasteiger partial charge on any atom is 0.325 e. The van der Waals surface area contributed by atoms with Crippen LogP contribution in [0.4, 0.5) is 14.5 Å². The smallest absolute Gasteiger partial charge is 0.325 e. The molecule has 3 N–H and O–H groups in total. The number of pyridine rings is 2. The number of ether oxygens (including phenoxy) is 1. The van der Waals surface area contributed by atoms with Crippen LogP contribution < -0.4 is 14.8 Å². The summed E-state index contributed by atoms with van der Waals surface area (Å²) in [5, 5.41) is 13.9. The lowest BCUT2D eigenvalue weighted by atomic mass is 10.1. The van der Waals surface area contributed by atoms with Crippen LogP contribution >= 0.6 is 0 Å². The van der Waals surface area contributed by atoms with Crippen molar-refractivity contribution in [2.24, 2.45) is 4.99 Å². The molecule has 1 amide bonds. The minimum absolute atomic E-state index is 0.0492. The monoisotopic (exact) mass is 552 g/mol. The molecule has 0 saturated carbocycles. The maximum atomic E-state index is 15.1. The Kier molecular flexibility index (Phi) is 7.91. The van der Waals surface area contributed by atoms with Gasteiger partial charge in [-0.2, -0.15) is 0 Å². The molecule has 0 unspecified atom stereocenters. The number of allylic oxidation sites excluding steroid dienone is 2. The van der Waals surface area contributed by atoms with Crippen LogP contribution in [0.15, 0.2) is 109 Å². The van der Waals surface area contributed by atoms with E-state index in [2.05, 4.69) is 26.9 Å². The normalized spacial score (nSPS) is 11.4. The predicted octanol–water partition coefficient (Wildman–Crippen LogP) is 6.39. The van der Waals surface area contributed by atoms with E-state index in [1.165, 1.54) is 48.7 Å². The summed E-state index contributed by atoms with van der Waals surface area (Å²) >= 11 is 0. The van der Waals surface area contributed by atoms with E-state index in [4.69, 9.17) is 4.74 Å². The summed E-state index contributed by atoms with van der Waals surface area (Å²) in [7, 11) is 0. The number of aromatic nitrogens is 3. The minimum atomic E-state index is -0.706. The molecule has 8 nitrogen and oxygen atoms in total. The van der Waals surface area contributed by atoms with E-state index in [9.17, 15) is 14.4 Å². The summed E-state index contributed by atoms with van der Waals surface area (Å²) in [6, 6.07) is 15.7. The number of hydrogen-bond donors (Lipinski definition) is 3. The van der Waals surface area contributed by atoms with Crippen LogP contribution in [-0.4, -0.2) is 27.3 Å². The maximum absolute atomic E-state index is 15.1. The number of anilines is 1. The third-order valence-electron chi connectivity index (χ3n) is 6.12. The predicted molar refractivity (Wildman–Crippen MR) is 151 cm³/mol. The van der Waals surface area contributed by atoms with Gasteiger partial charge >= 0.3 is 11.6 Å². The summed E-state index contributed by atoms with van der Waals surface area (Å²) in [5.74, 6) is -1.45. The van der Waals surface area contributed by atoms with E-state index >= 15 is 4.39 Å². The van der Waals surface area contributed by atoms with Gasteiger partial charge in [0.1, 0.15) is 17.2 Å². The Morgan fingerprint density at radius 3 is 2.73 bits per heavy atom. The fourth-order valence-corrected chi connectivity index (χ4v) is 4.19. The average molecular weight is 553 g/mol. The number of nitrogens with one attached hydrogen (secondary N) is 2. The number of aliphatic imine (C=N–C) groups is 1. The van der Waals surface area contributed by atoms with Gasteiger partial charge < -0.3 is 15.0 Å². The van der Waals surface area contributed by atoms with Crippen LogP contribution in [0.2, 0.25) is 0 Å². The lowest BCUT2D eigenvalue weighted by molar-refractivity contribution is -0.897. The van der Waals surface area contributed by atoms with Crippen molar-refractivity contribution in [1.82, 2.24) is 9.97 Å². The Morgan fingerprint density at radius 2 is 1.95 bits per heavy atom. The zero-order valence-corrected chi connectivity index (χ0v) is 21.6. The first-order valence-corrected chi connectivity index (χ1v) is 12.5. The molecule has 204 valence electrons. The van der Waals surface area contributed by atoms with Gasteiger partial charge in [0.15, 0.2) is 11.6 Å². The molecular weight excluding hydrogens is 528 g/mol. The first-order chi connectivity index (χ1) is 19.9. The second-order valence-corrected chi connectivity index (χ2v) is 8.78. The molecule has 0 radical (unpaired) electrons. The molecule has 0 aliphatic carbocycles. The van der Waals surface area contributed by atoms with Crippen molar-refractivity contribution < 1.29 is 28.2 Å². The summed E-state index contributed by atoms with van der Waals surface area (Å²) in [4.78, 5) is 24.3. The van der Waals surface area contributed by atoms with Gasteiger partial charge in [-0.15, -0.1) is 0 Å². The van der Waals surface area contributed by atoms with E-state index in [1.54, 1.807) is 36.7 Å². The highest BCUT2D eigenvalue weighted by Crippen LogP contribution is 2.33. The van der Waals surface area contributed by atoms with E-state index in [-0.39, 0.29) is 22.8 Å².